The van der Waals surface area contributed by atoms with Crippen molar-refractivity contribution < 1.29 is 14.3 Å². The van der Waals surface area contributed by atoms with E-state index in [1.165, 1.54) is 13.1 Å². The molecule has 0 aliphatic rings. The monoisotopic (exact) mass is 336 g/mol. The predicted octanol–water partition coefficient (Wildman–Crippen LogP) is 2.52. The molecular formula is C18H16N4O3. The fourth-order valence-electron chi connectivity index (χ4n) is 2.17. The van der Waals surface area contributed by atoms with Crippen molar-refractivity contribution in [1.82, 2.24) is 15.0 Å². The third kappa shape index (κ3) is 3.95. The van der Waals surface area contributed by atoms with E-state index in [1.54, 1.807) is 30.3 Å². The van der Waals surface area contributed by atoms with Gasteiger partial charge in [0.15, 0.2) is 11.8 Å². The number of hydrogen-bond donors (Lipinski definition) is 1. The quantitative estimate of drug-likeness (QED) is 0.736. The summed E-state index contributed by atoms with van der Waals surface area (Å²) in [6, 6.07) is 12.4. The number of carbonyl (C=O) groups is 2. The molecule has 7 heteroatoms. The fourth-order valence-corrected chi connectivity index (χ4v) is 2.17. The topological polar surface area (TPSA) is 94.1 Å². The van der Waals surface area contributed by atoms with Gasteiger partial charge in [-0.25, -0.2) is 14.8 Å². The number of carbonyl (C=O) groups excluding carboxylic acids is 2. The van der Waals surface area contributed by atoms with Crippen LogP contribution in [0.15, 0.2) is 48.7 Å². The molecule has 2 heterocycles. The Kier molecular flexibility index (Phi) is 4.65. The summed E-state index contributed by atoms with van der Waals surface area (Å²) >= 11 is 0. The van der Waals surface area contributed by atoms with Gasteiger partial charge in [-0.05, 0) is 38.1 Å². The number of aromatic nitrogens is 3. The molecule has 0 aliphatic carbocycles. The van der Waals surface area contributed by atoms with E-state index in [0.29, 0.717) is 16.9 Å². The second-order valence-electron chi connectivity index (χ2n) is 5.44. The van der Waals surface area contributed by atoms with Crippen LogP contribution in [-0.2, 0) is 9.53 Å². The fraction of sp³-hybridized carbons (Fsp3) is 0.167. The number of anilines is 1. The molecule has 1 aromatic carbocycles. The molecule has 1 atom stereocenters. The van der Waals surface area contributed by atoms with Crippen molar-refractivity contribution in [1.29, 1.82) is 0 Å². The highest BCUT2D eigenvalue weighted by molar-refractivity contribution is 5.96. The number of benzene rings is 1. The molecule has 25 heavy (non-hydrogen) atoms. The van der Waals surface area contributed by atoms with Crippen molar-refractivity contribution >= 4 is 28.7 Å². The summed E-state index contributed by atoms with van der Waals surface area (Å²) in [6.45, 7) is 3.30. The SMILES string of the molecule is Cc1cccc(NC(=O)C(C)OC(=O)c2cnc3ccccc3n2)n1. The van der Waals surface area contributed by atoms with Gasteiger partial charge in [-0.1, -0.05) is 18.2 Å². The maximum Gasteiger partial charge on any atom is 0.359 e. The van der Waals surface area contributed by atoms with Crippen LogP contribution in [0.3, 0.4) is 0 Å². The zero-order valence-corrected chi connectivity index (χ0v) is 13.8. The van der Waals surface area contributed by atoms with Crippen molar-refractivity contribution in [3.05, 3.63) is 60.0 Å². The summed E-state index contributed by atoms with van der Waals surface area (Å²) in [5.41, 5.74) is 2.08. The van der Waals surface area contributed by atoms with Gasteiger partial charge < -0.3 is 10.1 Å². The second-order valence-corrected chi connectivity index (χ2v) is 5.44. The van der Waals surface area contributed by atoms with Crippen molar-refractivity contribution in [3.63, 3.8) is 0 Å². The zero-order chi connectivity index (χ0) is 17.8. The Balaban J connectivity index is 1.67. The number of para-hydroxylation sites is 2. The van der Waals surface area contributed by atoms with E-state index in [4.69, 9.17) is 4.74 Å². The Hall–Kier alpha value is -3.35. The van der Waals surface area contributed by atoms with Gasteiger partial charge in [-0.15, -0.1) is 0 Å². The molecule has 1 N–H and O–H groups in total. The number of pyridine rings is 1. The number of esters is 1. The summed E-state index contributed by atoms with van der Waals surface area (Å²) in [5, 5.41) is 2.61. The molecule has 1 amide bonds. The predicted molar refractivity (Wildman–Crippen MR) is 92.0 cm³/mol. The van der Waals surface area contributed by atoms with Crippen LogP contribution in [-0.4, -0.2) is 32.9 Å². The first-order chi connectivity index (χ1) is 12.0. The Morgan fingerprint density at radius 3 is 2.56 bits per heavy atom. The highest BCUT2D eigenvalue weighted by atomic mass is 16.5. The lowest BCUT2D eigenvalue weighted by atomic mass is 10.3. The molecule has 0 spiro atoms. The molecule has 1 unspecified atom stereocenters. The molecule has 7 nitrogen and oxygen atoms in total. The number of amides is 1. The first-order valence-corrected chi connectivity index (χ1v) is 7.70. The van der Waals surface area contributed by atoms with Crippen LogP contribution in [0.5, 0.6) is 0 Å². The minimum Gasteiger partial charge on any atom is -0.448 e. The second kappa shape index (κ2) is 7.04. The van der Waals surface area contributed by atoms with Crippen LogP contribution in [0.2, 0.25) is 0 Å². The van der Waals surface area contributed by atoms with E-state index in [0.717, 1.165) is 5.69 Å². The summed E-state index contributed by atoms with van der Waals surface area (Å²) in [5.74, 6) is -0.781. The Labute approximate surface area is 144 Å². The number of aryl methyl sites for hydroxylation is 1. The molecule has 0 fully saturated rings. The van der Waals surface area contributed by atoms with Crippen LogP contribution in [0, 0.1) is 6.92 Å². The Bertz CT molecular complexity index is 942. The number of nitrogens with one attached hydrogen (secondary N) is 1. The number of hydrogen-bond acceptors (Lipinski definition) is 6. The zero-order valence-electron chi connectivity index (χ0n) is 13.8. The van der Waals surface area contributed by atoms with Crippen molar-refractivity contribution in [3.8, 4) is 0 Å². The van der Waals surface area contributed by atoms with Gasteiger partial charge in [0, 0.05) is 5.69 Å². The highest BCUT2D eigenvalue weighted by Gasteiger charge is 2.20. The number of rotatable bonds is 4. The van der Waals surface area contributed by atoms with Gasteiger partial charge in [0.25, 0.3) is 5.91 Å². The number of nitrogens with zero attached hydrogens (tertiary/aromatic N) is 3. The van der Waals surface area contributed by atoms with E-state index in [-0.39, 0.29) is 5.69 Å². The van der Waals surface area contributed by atoms with E-state index >= 15 is 0 Å². The molecule has 2 aromatic heterocycles. The molecule has 0 saturated carbocycles. The average Bonchev–Trinajstić information content (AvgIpc) is 2.61. The Morgan fingerprint density at radius 1 is 1.04 bits per heavy atom. The van der Waals surface area contributed by atoms with Gasteiger partial charge in [0.1, 0.15) is 5.82 Å². The smallest absolute Gasteiger partial charge is 0.359 e. The van der Waals surface area contributed by atoms with E-state index in [1.807, 2.05) is 19.1 Å². The molecule has 0 aliphatic heterocycles. The van der Waals surface area contributed by atoms with Crippen LogP contribution >= 0.6 is 0 Å². The van der Waals surface area contributed by atoms with Crippen molar-refractivity contribution in [2.45, 2.75) is 20.0 Å². The molecule has 0 saturated heterocycles. The maximum absolute atomic E-state index is 12.2. The summed E-state index contributed by atoms with van der Waals surface area (Å²) < 4.78 is 5.17. The molecule has 126 valence electrons. The lowest BCUT2D eigenvalue weighted by Crippen LogP contribution is -2.30. The van der Waals surface area contributed by atoms with Crippen LogP contribution in [0.25, 0.3) is 11.0 Å². The van der Waals surface area contributed by atoms with Crippen LogP contribution < -0.4 is 5.32 Å². The normalized spacial score (nSPS) is 11.8. The van der Waals surface area contributed by atoms with Crippen molar-refractivity contribution in [2.24, 2.45) is 0 Å². The van der Waals surface area contributed by atoms with Gasteiger partial charge >= 0.3 is 5.97 Å². The lowest BCUT2D eigenvalue weighted by Gasteiger charge is -2.13. The first kappa shape index (κ1) is 16.5. The molecule has 3 rings (SSSR count). The molecular weight excluding hydrogens is 320 g/mol. The maximum atomic E-state index is 12.2. The number of fused-ring (bicyclic) bond motifs is 1. The van der Waals surface area contributed by atoms with Gasteiger partial charge in [-0.3, -0.25) is 9.78 Å². The standard InChI is InChI=1S/C18H16N4O3/c1-11-6-5-9-16(20-11)22-17(23)12(2)25-18(24)15-10-19-13-7-3-4-8-14(13)21-15/h3-10,12H,1-2H3,(H,20,22,23). The van der Waals surface area contributed by atoms with E-state index in [9.17, 15) is 9.59 Å². The Morgan fingerprint density at radius 2 is 1.80 bits per heavy atom. The summed E-state index contributed by atoms with van der Waals surface area (Å²) in [6.07, 6.45) is 0.334. The average molecular weight is 336 g/mol. The molecule has 0 radical (unpaired) electrons. The van der Waals surface area contributed by atoms with E-state index in [2.05, 4.69) is 20.3 Å². The van der Waals surface area contributed by atoms with Gasteiger partial charge in [0.05, 0.1) is 17.2 Å². The first-order valence-electron chi connectivity index (χ1n) is 7.70. The van der Waals surface area contributed by atoms with Crippen molar-refractivity contribution in [2.75, 3.05) is 5.32 Å². The summed E-state index contributed by atoms with van der Waals surface area (Å²) in [4.78, 5) is 36.9. The van der Waals surface area contributed by atoms with Crippen LogP contribution in [0.4, 0.5) is 5.82 Å². The molecule has 0 bridgehead atoms. The summed E-state index contributed by atoms with van der Waals surface area (Å²) in [7, 11) is 0. The minimum absolute atomic E-state index is 0.0482. The van der Waals surface area contributed by atoms with Gasteiger partial charge in [0.2, 0.25) is 0 Å². The minimum atomic E-state index is -0.997. The van der Waals surface area contributed by atoms with Crippen LogP contribution in [0.1, 0.15) is 23.1 Å². The third-order valence-corrected chi connectivity index (χ3v) is 3.45. The lowest BCUT2D eigenvalue weighted by molar-refractivity contribution is -0.123. The molecule has 3 aromatic rings. The highest BCUT2D eigenvalue weighted by Crippen LogP contribution is 2.11. The van der Waals surface area contributed by atoms with Gasteiger partial charge in [-0.2, -0.15) is 0 Å². The largest absolute Gasteiger partial charge is 0.448 e. The van der Waals surface area contributed by atoms with E-state index < -0.39 is 18.0 Å². The number of ether oxygens (including phenoxy) is 1. The third-order valence-electron chi connectivity index (χ3n) is 3.45.